The van der Waals surface area contributed by atoms with E-state index in [1.54, 1.807) is 0 Å². The fourth-order valence-electron chi connectivity index (χ4n) is 0.690. The molecule has 1 amide bonds. The number of nitrogens with one attached hydrogen (secondary N) is 1. The summed E-state index contributed by atoms with van der Waals surface area (Å²) in [5.41, 5.74) is 0. The van der Waals surface area contributed by atoms with Crippen LogP contribution in [0.4, 0.5) is 5.82 Å². The number of aromatic nitrogens is 3. The normalized spacial score (nSPS) is 9.42. The molecule has 0 fully saturated rings. The zero-order valence-corrected chi connectivity index (χ0v) is 6.52. The van der Waals surface area contributed by atoms with Crippen LogP contribution in [0.25, 0.3) is 0 Å². The average molecular weight is 168 g/mol. The van der Waals surface area contributed by atoms with Crippen LogP contribution in [-0.4, -0.2) is 27.2 Å². The number of rotatable bonds is 3. The summed E-state index contributed by atoms with van der Waals surface area (Å²) in [4.78, 5) is 21.7. The zero-order valence-electron chi connectivity index (χ0n) is 6.52. The van der Waals surface area contributed by atoms with Gasteiger partial charge in [0.15, 0.2) is 5.82 Å². The van der Waals surface area contributed by atoms with Gasteiger partial charge in [-0.3, -0.25) is 4.79 Å². The summed E-state index contributed by atoms with van der Waals surface area (Å²) in [6.45, 7) is 1.47. The molecular formula is C6H8N4O2. The number of carbonyl (C=O) groups excluding carboxylic acids is 2. The van der Waals surface area contributed by atoms with Crippen molar-refractivity contribution >= 4 is 18.0 Å². The largest absolute Gasteiger partial charge is 0.308 e. The van der Waals surface area contributed by atoms with Crippen molar-refractivity contribution in [3.8, 4) is 0 Å². The maximum absolute atomic E-state index is 10.5. The van der Waals surface area contributed by atoms with Crippen molar-refractivity contribution < 1.29 is 9.59 Å². The zero-order chi connectivity index (χ0) is 8.97. The monoisotopic (exact) mass is 168 g/mol. The third-order valence-electron chi connectivity index (χ3n) is 1.08. The first-order valence-corrected chi connectivity index (χ1v) is 3.33. The molecule has 0 radical (unpaired) electrons. The molecule has 0 aromatic carbocycles. The molecule has 64 valence electrons. The summed E-state index contributed by atoms with van der Waals surface area (Å²) in [5, 5.41) is 9.94. The van der Waals surface area contributed by atoms with Crippen LogP contribution >= 0.6 is 0 Å². The second-order valence-corrected chi connectivity index (χ2v) is 2.13. The Kier molecular flexibility index (Phi) is 2.52. The number of carbonyl (C=O) groups is 2. The Bertz CT molecular complexity index is 293. The maximum Gasteiger partial charge on any atom is 0.222 e. The number of amides is 1. The number of anilines is 1. The lowest BCUT2D eigenvalue weighted by Crippen LogP contribution is -2.08. The van der Waals surface area contributed by atoms with E-state index in [0.717, 1.165) is 0 Å². The molecule has 0 unspecified atom stereocenters. The van der Waals surface area contributed by atoms with Gasteiger partial charge in [-0.25, -0.2) is 0 Å². The van der Waals surface area contributed by atoms with E-state index in [9.17, 15) is 9.59 Å². The van der Waals surface area contributed by atoms with Gasteiger partial charge in [0.2, 0.25) is 5.91 Å². The van der Waals surface area contributed by atoms with Gasteiger partial charge in [-0.05, 0) is 0 Å². The van der Waals surface area contributed by atoms with Crippen LogP contribution in [0.5, 0.6) is 0 Å². The van der Waals surface area contributed by atoms with Crippen molar-refractivity contribution in [1.82, 2.24) is 15.0 Å². The van der Waals surface area contributed by atoms with Gasteiger partial charge < -0.3 is 10.1 Å². The summed E-state index contributed by atoms with van der Waals surface area (Å²) < 4.78 is 0. The topological polar surface area (TPSA) is 76.9 Å². The predicted molar refractivity (Wildman–Crippen MR) is 40.4 cm³/mol. The van der Waals surface area contributed by atoms with Crippen molar-refractivity contribution in [1.29, 1.82) is 0 Å². The van der Waals surface area contributed by atoms with Crippen molar-refractivity contribution in [2.75, 3.05) is 5.32 Å². The molecule has 0 atom stereocenters. The average Bonchev–Trinajstić information content (AvgIpc) is 2.36. The molecule has 12 heavy (non-hydrogen) atoms. The number of hydrogen-bond donors (Lipinski definition) is 1. The standard InChI is InChI=1S/C6H8N4O2/c1-5(12)8-6-4-7-10(9-6)2-3-11/h3-4H,2H2,1H3,(H,8,9,12). The Balaban J connectivity index is 2.63. The van der Waals surface area contributed by atoms with Gasteiger partial charge in [-0.1, -0.05) is 0 Å². The van der Waals surface area contributed by atoms with E-state index >= 15 is 0 Å². The lowest BCUT2D eigenvalue weighted by molar-refractivity contribution is -0.114. The van der Waals surface area contributed by atoms with Crippen LogP contribution in [-0.2, 0) is 16.1 Å². The molecule has 6 nitrogen and oxygen atoms in total. The van der Waals surface area contributed by atoms with E-state index in [2.05, 4.69) is 15.5 Å². The van der Waals surface area contributed by atoms with Crippen molar-refractivity contribution in [2.45, 2.75) is 13.5 Å². The van der Waals surface area contributed by atoms with Crippen molar-refractivity contribution in [3.05, 3.63) is 6.20 Å². The molecule has 1 rings (SSSR count). The minimum atomic E-state index is -0.215. The fourth-order valence-corrected chi connectivity index (χ4v) is 0.690. The van der Waals surface area contributed by atoms with E-state index in [0.29, 0.717) is 12.1 Å². The highest BCUT2D eigenvalue weighted by atomic mass is 16.1. The minimum absolute atomic E-state index is 0.0968. The van der Waals surface area contributed by atoms with Crippen LogP contribution in [0, 0.1) is 0 Å². The quantitative estimate of drug-likeness (QED) is 0.613. The van der Waals surface area contributed by atoms with E-state index in [1.807, 2.05) is 0 Å². The first kappa shape index (κ1) is 8.38. The molecule has 0 saturated heterocycles. The highest BCUT2D eigenvalue weighted by Crippen LogP contribution is 1.97. The molecule has 1 aromatic rings. The van der Waals surface area contributed by atoms with Gasteiger partial charge in [0.1, 0.15) is 12.8 Å². The highest BCUT2D eigenvalue weighted by Gasteiger charge is 2.00. The molecule has 1 N–H and O–H groups in total. The van der Waals surface area contributed by atoms with Crippen LogP contribution in [0.15, 0.2) is 6.20 Å². The smallest absolute Gasteiger partial charge is 0.222 e. The molecule has 0 bridgehead atoms. The van der Waals surface area contributed by atoms with Crippen LogP contribution in [0.3, 0.4) is 0 Å². The number of aldehydes is 1. The van der Waals surface area contributed by atoms with Gasteiger partial charge in [0, 0.05) is 6.92 Å². The van der Waals surface area contributed by atoms with Gasteiger partial charge in [0.05, 0.1) is 6.20 Å². The lowest BCUT2D eigenvalue weighted by atomic mass is 10.6. The Morgan fingerprint density at radius 3 is 3.17 bits per heavy atom. The van der Waals surface area contributed by atoms with Crippen LogP contribution < -0.4 is 5.32 Å². The SMILES string of the molecule is CC(=O)Nc1cnn(CC=O)n1. The summed E-state index contributed by atoms with van der Waals surface area (Å²) >= 11 is 0. The number of nitrogens with zero attached hydrogens (tertiary/aromatic N) is 3. The third kappa shape index (κ3) is 2.15. The van der Waals surface area contributed by atoms with E-state index in [-0.39, 0.29) is 12.5 Å². The first-order chi connectivity index (χ1) is 5.72. The van der Waals surface area contributed by atoms with Gasteiger partial charge in [-0.15, -0.1) is 5.10 Å². The number of hydrogen-bond acceptors (Lipinski definition) is 4. The Hall–Kier alpha value is -1.72. The van der Waals surface area contributed by atoms with E-state index in [4.69, 9.17) is 0 Å². The van der Waals surface area contributed by atoms with Gasteiger partial charge in [-0.2, -0.15) is 9.90 Å². The summed E-state index contributed by atoms with van der Waals surface area (Å²) in [6.07, 6.45) is 2.06. The molecule has 0 aliphatic heterocycles. The summed E-state index contributed by atoms with van der Waals surface area (Å²) in [5.74, 6) is 0.137. The van der Waals surface area contributed by atoms with Crippen LogP contribution in [0.1, 0.15) is 6.92 Å². The Labute approximate surface area is 68.6 Å². The minimum Gasteiger partial charge on any atom is -0.308 e. The summed E-state index contributed by atoms with van der Waals surface area (Å²) in [6, 6.07) is 0. The maximum atomic E-state index is 10.5. The molecule has 0 aliphatic carbocycles. The third-order valence-corrected chi connectivity index (χ3v) is 1.08. The first-order valence-electron chi connectivity index (χ1n) is 3.33. The van der Waals surface area contributed by atoms with Crippen LogP contribution in [0.2, 0.25) is 0 Å². The van der Waals surface area contributed by atoms with E-state index in [1.165, 1.54) is 17.9 Å². The van der Waals surface area contributed by atoms with E-state index < -0.39 is 0 Å². The Morgan fingerprint density at radius 1 is 1.83 bits per heavy atom. The second kappa shape index (κ2) is 3.61. The molecule has 0 aliphatic rings. The summed E-state index contributed by atoms with van der Waals surface area (Å²) in [7, 11) is 0. The predicted octanol–water partition coefficient (Wildman–Crippen LogP) is -0.565. The lowest BCUT2D eigenvalue weighted by Gasteiger charge is -1.92. The second-order valence-electron chi connectivity index (χ2n) is 2.13. The molecule has 1 heterocycles. The van der Waals surface area contributed by atoms with Crippen molar-refractivity contribution in [3.63, 3.8) is 0 Å². The van der Waals surface area contributed by atoms with Gasteiger partial charge >= 0.3 is 0 Å². The molecule has 6 heteroatoms. The highest BCUT2D eigenvalue weighted by molar-refractivity contribution is 5.87. The molecule has 1 aromatic heterocycles. The molecular weight excluding hydrogens is 160 g/mol. The Morgan fingerprint density at radius 2 is 2.58 bits per heavy atom. The molecule has 0 spiro atoms. The van der Waals surface area contributed by atoms with Gasteiger partial charge in [0.25, 0.3) is 0 Å². The molecule has 0 saturated carbocycles. The fraction of sp³-hybridized carbons (Fsp3) is 0.333. The van der Waals surface area contributed by atoms with Crippen molar-refractivity contribution in [2.24, 2.45) is 0 Å².